The number of hydrogen-bond acceptors (Lipinski definition) is 7. The predicted octanol–water partition coefficient (Wildman–Crippen LogP) is 3.21. The molecule has 3 aromatic rings. The molecule has 164 valence electrons. The molecule has 32 heavy (non-hydrogen) atoms. The van der Waals surface area contributed by atoms with E-state index in [0.717, 1.165) is 18.2 Å². The van der Waals surface area contributed by atoms with E-state index in [1.807, 2.05) is 0 Å². The van der Waals surface area contributed by atoms with E-state index >= 15 is 0 Å². The molecule has 0 bridgehead atoms. The molecule has 0 aliphatic heterocycles. The summed E-state index contributed by atoms with van der Waals surface area (Å²) in [5.74, 6) is -2.45. The summed E-state index contributed by atoms with van der Waals surface area (Å²) in [6.07, 6.45) is 0. The second kappa shape index (κ2) is 8.86. The second-order valence-electron chi connectivity index (χ2n) is 6.61. The number of carboxylic acid groups (broad SMARTS) is 1. The lowest BCUT2D eigenvalue weighted by molar-refractivity contribution is -0.385. The van der Waals surface area contributed by atoms with E-state index in [0.29, 0.717) is 16.3 Å². The highest BCUT2D eigenvalue weighted by Crippen LogP contribution is 2.32. The summed E-state index contributed by atoms with van der Waals surface area (Å²) < 4.78 is 1.45. The van der Waals surface area contributed by atoms with Crippen molar-refractivity contribution in [1.82, 2.24) is 15.2 Å². The maximum absolute atomic E-state index is 12.4. The van der Waals surface area contributed by atoms with Gasteiger partial charge in [0, 0.05) is 29.3 Å². The van der Waals surface area contributed by atoms with E-state index < -0.39 is 28.1 Å². The molecule has 0 saturated heterocycles. The number of halogens is 1. The summed E-state index contributed by atoms with van der Waals surface area (Å²) in [7, 11) is 1.63. The van der Waals surface area contributed by atoms with Crippen LogP contribution in [0.5, 0.6) is 5.75 Å². The lowest BCUT2D eigenvalue weighted by Crippen LogP contribution is -2.20. The van der Waals surface area contributed by atoms with Gasteiger partial charge in [-0.1, -0.05) is 23.7 Å². The zero-order valence-corrected chi connectivity index (χ0v) is 17.5. The number of nitrogens with one attached hydrogen (secondary N) is 1. The third-order valence-electron chi connectivity index (χ3n) is 4.49. The fraction of sp³-hybridized carbons (Fsp3) is 0.100. The molecule has 0 saturated carbocycles. The first kappa shape index (κ1) is 22.4. The van der Waals surface area contributed by atoms with Crippen LogP contribution in [-0.4, -0.2) is 42.5 Å². The van der Waals surface area contributed by atoms with Crippen molar-refractivity contribution in [2.75, 3.05) is 0 Å². The van der Waals surface area contributed by atoms with Gasteiger partial charge in [-0.05, 0) is 31.2 Å². The summed E-state index contributed by atoms with van der Waals surface area (Å²) in [4.78, 5) is 33.7. The molecule has 0 aliphatic rings. The van der Waals surface area contributed by atoms with E-state index in [9.17, 15) is 24.8 Å². The van der Waals surface area contributed by atoms with Gasteiger partial charge < -0.3 is 10.2 Å². The molecule has 3 rings (SSSR count). The molecule has 0 aliphatic carbocycles. The molecule has 1 heterocycles. The largest absolute Gasteiger partial charge is 0.504 e. The molecule has 0 radical (unpaired) electrons. The van der Waals surface area contributed by atoms with Crippen LogP contribution >= 0.6 is 11.6 Å². The molecular formula is C20H16ClN5O6. The van der Waals surface area contributed by atoms with Crippen molar-refractivity contribution >= 4 is 34.9 Å². The van der Waals surface area contributed by atoms with Crippen molar-refractivity contribution in [3.8, 4) is 17.0 Å². The van der Waals surface area contributed by atoms with Crippen molar-refractivity contribution in [2.45, 2.75) is 6.92 Å². The van der Waals surface area contributed by atoms with Gasteiger partial charge >= 0.3 is 5.97 Å². The van der Waals surface area contributed by atoms with Crippen LogP contribution in [0.15, 0.2) is 47.6 Å². The summed E-state index contributed by atoms with van der Waals surface area (Å²) in [5, 5.41) is 39.4. The standard InChI is InChI=1S/C20H16ClN5O6/c1-10(16-18(27)17(25(2)24-16)11-3-6-13(21)7-4-11)22-23-19(28)12-5-8-14(20(29)30)15(9-12)26(31)32/h3-9,27H,1-2H3,(H,23,28)(H,29,30)/b22-10+. The van der Waals surface area contributed by atoms with Crippen molar-refractivity contribution in [3.05, 3.63) is 74.4 Å². The zero-order chi connectivity index (χ0) is 23.6. The summed E-state index contributed by atoms with van der Waals surface area (Å²) in [6, 6.07) is 9.70. The van der Waals surface area contributed by atoms with Gasteiger partial charge in [-0.2, -0.15) is 10.2 Å². The SMILES string of the molecule is C/C(=N\NC(=O)c1ccc(C(=O)O)c([N+](=O)[O-])c1)c1nn(C)c(-c2ccc(Cl)cc2)c1O. The molecule has 2 aromatic carbocycles. The fourth-order valence-electron chi connectivity index (χ4n) is 2.94. The minimum atomic E-state index is -1.49. The van der Waals surface area contributed by atoms with E-state index in [-0.39, 0.29) is 22.7 Å². The van der Waals surface area contributed by atoms with Crippen LogP contribution in [0, 0.1) is 10.1 Å². The number of aromatic hydroxyl groups is 1. The minimum absolute atomic E-state index is 0.116. The van der Waals surface area contributed by atoms with Crippen LogP contribution in [0.4, 0.5) is 5.69 Å². The average Bonchev–Trinajstić information content (AvgIpc) is 3.05. The minimum Gasteiger partial charge on any atom is -0.504 e. The normalized spacial score (nSPS) is 11.3. The number of aryl methyl sites for hydroxylation is 1. The first-order chi connectivity index (χ1) is 15.1. The van der Waals surface area contributed by atoms with Gasteiger partial charge in [0.1, 0.15) is 11.3 Å². The topological polar surface area (TPSA) is 160 Å². The van der Waals surface area contributed by atoms with Gasteiger partial charge in [-0.15, -0.1) is 0 Å². The highest BCUT2D eigenvalue weighted by Gasteiger charge is 2.23. The van der Waals surface area contributed by atoms with Crippen LogP contribution in [-0.2, 0) is 7.05 Å². The number of carbonyl (C=O) groups excluding carboxylic acids is 1. The number of carbonyl (C=O) groups is 2. The van der Waals surface area contributed by atoms with Crippen molar-refractivity contribution in [2.24, 2.45) is 12.1 Å². The third-order valence-corrected chi connectivity index (χ3v) is 4.75. The van der Waals surface area contributed by atoms with Gasteiger partial charge in [0.2, 0.25) is 0 Å². The van der Waals surface area contributed by atoms with Crippen LogP contribution in [0.2, 0.25) is 5.02 Å². The molecule has 12 heteroatoms. The number of hydrogen-bond donors (Lipinski definition) is 3. The number of nitrogens with zero attached hydrogens (tertiary/aromatic N) is 4. The third kappa shape index (κ3) is 4.42. The number of benzene rings is 2. The van der Waals surface area contributed by atoms with E-state index in [1.54, 1.807) is 31.3 Å². The van der Waals surface area contributed by atoms with Crippen molar-refractivity contribution in [1.29, 1.82) is 0 Å². The molecular weight excluding hydrogens is 442 g/mol. The number of aromatic nitrogens is 2. The molecule has 1 amide bonds. The number of rotatable bonds is 6. The Morgan fingerprint density at radius 3 is 2.47 bits per heavy atom. The smallest absolute Gasteiger partial charge is 0.342 e. The monoisotopic (exact) mass is 457 g/mol. The molecule has 0 spiro atoms. The van der Waals surface area contributed by atoms with Gasteiger partial charge in [-0.3, -0.25) is 19.6 Å². The summed E-state index contributed by atoms with van der Waals surface area (Å²) in [5.41, 5.74) is 2.15. The van der Waals surface area contributed by atoms with Gasteiger partial charge in [-0.25, -0.2) is 10.2 Å². The van der Waals surface area contributed by atoms with Gasteiger partial charge in [0.05, 0.1) is 10.6 Å². The maximum Gasteiger partial charge on any atom is 0.342 e. The van der Waals surface area contributed by atoms with Crippen molar-refractivity contribution < 1.29 is 24.7 Å². The molecule has 0 atom stereocenters. The number of amides is 1. The zero-order valence-electron chi connectivity index (χ0n) is 16.7. The summed E-state index contributed by atoms with van der Waals surface area (Å²) >= 11 is 5.90. The van der Waals surface area contributed by atoms with E-state index in [1.165, 1.54) is 11.6 Å². The summed E-state index contributed by atoms with van der Waals surface area (Å²) in [6.45, 7) is 1.50. The number of hydrazone groups is 1. The Balaban J connectivity index is 1.86. The fourth-order valence-corrected chi connectivity index (χ4v) is 3.07. The lowest BCUT2D eigenvalue weighted by atomic mass is 10.1. The Morgan fingerprint density at radius 1 is 1.22 bits per heavy atom. The first-order valence-corrected chi connectivity index (χ1v) is 9.36. The van der Waals surface area contributed by atoms with Crippen LogP contribution < -0.4 is 5.43 Å². The highest BCUT2D eigenvalue weighted by atomic mass is 35.5. The van der Waals surface area contributed by atoms with E-state index in [4.69, 9.17) is 16.7 Å². The number of aromatic carboxylic acids is 1. The molecule has 3 N–H and O–H groups in total. The Bertz CT molecular complexity index is 1270. The van der Waals surface area contributed by atoms with Crippen molar-refractivity contribution in [3.63, 3.8) is 0 Å². The van der Waals surface area contributed by atoms with Gasteiger partial charge in [0.25, 0.3) is 11.6 Å². The maximum atomic E-state index is 12.4. The predicted molar refractivity (Wildman–Crippen MR) is 115 cm³/mol. The lowest BCUT2D eigenvalue weighted by Gasteiger charge is -2.04. The quantitative estimate of drug-likeness (QED) is 0.291. The first-order valence-electron chi connectivity index (χ1n) is 8.98. The molecule has 0 unspecified atom stereocenters. The number of carboxylic acids is 1. The Labute approximate surface area is 185 Å². The van der Waals surface area contributed by atoms with Crippen LogP contribution in [0.1, 0.15) is 33.3 Å². The average molecular weight is 458 g/mol. The van der Waals surface area contributed by atoms with E-state index in [2.05, 4.69) is 15.6 Å². The Kier molecular flexibility index (Phi) is 6.21. The second-order valence-corrected chi connectivity index (χ2v) is 7.05. The molecule has 11 nitrogen and oxygen atoms in total. The molecule has 1 aromatic heterocycles. The highest BCUT2D eigenvalue weighted by molar-refractivity contribution is 6.30. The number of nitro groups is 1. The van der Waals surface area contributed by atoms with Crippen LogP contribution in [0.3, 0.4) is 0 Å². The Morgan fingerprint density at radius 2 is 1.88 bits per heavy atom. The van der Waals surface area contributed by atoms with Gasteiger partial charge in [0.15, 0.2) is 11.4 Å². The Hall–Kier alpha value is -4.25. The van der Waals surface area contributed by atoms with Crippen LogP contribution in [0.25, 0.3) is 11.3 Å². The molecule has 0 fully saturated rings. The number of nitro benzene ring substituents is 1.